The molecule has 0 amide bonds. The zero-order valence-corrected chi connectivity index (χ0v) is 6.99. The van der Waals surface area contributed by atoms with Crippen LogP contribution in [0.1, 0.15) is 6.92 Å². The minimum atomic E-state index is 0.252. The van der Waals surface area contributed by atoms with Gasteiger partial charge in [0.05, 0.1) is 6.54 Å². The monoisotopic (exact) mass is 147 g/mol. The van der Waals surface area contributed by atoms with E-state index < -0.39 is 0 Å². The third-order valence-electron chi connectivity index (χ3n) is 0.751. The third kappa shape index (κ3) is 5.86. The van der Waals surface area contributed by atoms with Gasteiger partial charge in [0.1, 0.15) is 0 Å². The highest BCUT2D eigenvalue weighted by atomic mass is 32.2. The van der Waals surface area contributed by atoms with E-state index in [2.05, 4.69) is 0 Å². The van der Waals surface area contributed by atoms with Crippen molar-refractivity contribution in [3.63, 3.8) is 0 Å². The summed E-state index contributed by atoms with van der Waals surface area (Å²) in [6, 6.07) is 0. The fraction of sp³-hybridized carbons (Fsp3) is 0.833. The van der Waals surface area contributed by atoms with Crippen molar-refractivity contribution in [2.45, 2.75) is 6.92 Å². The molecule has 0 rings (SSSR count). The van der Waals surface area contributed by atoms with E-state index in [0.717, 1.165) is 5.75 Å². The van der Waals surface area contributed by atoms with Crippen molar-refractivity contribution in [1.29, 1.82) is 0 Å². The van der Waals surface area contributed by atoms with Gasteiger partial charge in [-0.05, 0) is 19.8 Å². The molecule has 0 atom stereocenters. The first-order valence-electron chi connectivity index (χ1n) is 2.97. The van der Waals surface area contributed by atoms with Crippen LogP contribution in [-0.2, 0) is 4.79 Å². The lowest BCUT2D eigenvalue weighted by Gasteiger charge is -2.05. The summed E-state index contributed by atoms with van der Waals surface area (Å²) >= 11 is 1.38. The standard InChI is InChI=1S/C6H13NOS/c1-4-9-6(8)5-7(2)3/h4-5H2,1-3H3. The Morgan fingerprint density at radius 3 is 2.44 bits per heavy atom. The molecule has 2 nitrogen and oxygen atoms in total. The van der Waals surface area contributed by atoms with Crippen LogP contribution in [0.4, 0.5) is 0 Å². The zero-order valence-electron chi connectivity index (χ0n) is 6.18. The Balaban J connectivity index is 3.27. The van der Waals surface area contributed by atoms with E-state index in [-0.39, 0.29) is 5.12 Å². The SMILES string of the molecule is CCSC(=O)CN(C)C. The topological polar surface area (TPSA) is 20.3 Å². The summed E-state index contributed by atoms with van der Waals surface area (Å²) in [4.78, 5) is 12.7. The molecule has 0 unspecified atom stereocenters. The molecule has 0 heterocycles. The summed E-state index contributed by atoms with van der Waals surface area (Å²) in [6.07, 6.45) is 0. The molecule has 0 fully saturated rings. The Labute approximate surface area is 60.6 Å². The highest BCUT2D eigenvalue weighted by molar-refractivity contribution is 8.13. The second-order valence-corrected chi connectivity index (χ2v) is 3.36. The van der Waals surface area contributed by atoms with Gasteiger partial charge < -0.3 is 4.90 Å². The van der Waals surface area contributed by atoms with E-state index in [1.807, 2.05) is 25.9 Å². The molecular formula is C6H13NOS. The highest BCUT2D eigenvalue weighted by Crippen LogP contribution is 1.99. The van der Waals surface area contributed by atoms with Gasteiger partial charge in [0.15, 0.2) is 0 Å². The minimum Gasteiger partial charge on any atom is -0.302 e. The van der Waals surface area contributed by atoms with E-state index in [1.54, 1.807) is 0 Å². The molecule has 0 N–H and O–H groups in total. The number of carbonyl (C=O) groups is 1. The van der Waals surface area contributed by atoms with Gasteiger partial charge >= 0.3 is 0 Å². The molecule has 0 aromatic carbocycles. The molecule has 0 spiro atoms. The Hall–Kier alpha value is -0.0200. The van der Waals surface area contributed by atoms with Crippen LogP contribution in [0.5, 0.6) is 0 Å². The summed E-state index contributed by atoms with van der Waals surface area (Å²) in [7, 11) is 3.79. The third-order valence-corrected chi connectivity index (χ3v) is 1.49. The first-order valence-corrected chi connectivity index (χ1v) is 3.95. The predicted molar refractivity (Wildman–Crippen MR) is 41.7 cm³/mol. The lowest BCUT2D eigenvalue weighted by molar-refractivity contribution is -0.111. The molecule has 0 bridgehead atoms. The Morgan fingerprint density at radius 1 is 1.56 bits per heavy atom. The maximum atomic E-state index is 10.8. The maximum Gasteiger partial charge on any atom is 0.202 e. The van der Waals surface area contributed by atoms with Crippen LogP contribution in [0.3, 0.4) is 0 Å². The number of hydrogen-bond donors (Lipinski definition) is 0. The molecule has 0 aliphatic carbocycles. The fourth-order valence-electron chi connectivity index (χ4n) is 0.465. The summed E-state index contributed by atoms with van der Waals surface area (Å²) < 4.78 is 0. The van der Waals surface area contributed by atoms with Crippen molar-refractivity contribution in [2.24, 2.45) is 0 Å². The largest absolute Gasteiger partial charge is 0.302 e. The molecular weight excluding hydrogens is 134 g/mol. The Kier molecular flexibility index (Phi) is 4.81. The Bertz CT molecular complexity index is 93.1. The summed E-state index contributed by atoms with van der Waals surface area (Å²) in [5.74, 6) is 0.882. The van der Waals surface area contributed by atoms with E-state index in [0.29, 0.717) is 6.54 Å². The van der Waals surface area contributed by atoms with E-state index in [9.17, 15) is 4.79 Å². The van der Waals surface area contributed by atoms with Gasteiger partial charge in [-0.15, -0.1) is 0 Å². The average molecular weight is 147 g/mol. The number of nitrogens with zero attached hydrogens (tertiary/aromatic N) is 1. The van der Waals surface area contributed by atoms with Crippen LogP contribution in [0.15, 0.2) is 0 Å². The van der Waals surface area contributed by atoms with Crippen LogP contribution in [0.2, 0.25) is 0 Å². The number of thioether (sulfide) groups is 1. The van der Waals surface area contributed by atoms with Gasteiger partial charge in [0, 0.05) is 0 Å². The molecule has 54 valence electrons. The fourth-order valence-corrected chi connectivity index (χ4v) is 1.14. The van der Waals surface area contributed by atoms with Crippen molar-refractivity contribution in [3.05, 3.63) is 0 Å². The van der Waals surface area contributed by atoms with Crippen molar-refractivity contribution < 1.29 is 4.79 Å². The second-order valence-electron chi connectivity index (χ2n) is 2.04. The molecule has 9 heavy (non-hydrogen) atoms. The molecule has 0 radical (unpaired) electrons. The van der Waals surface area contributed by atoms with Gasteiger partial charge in [0.25, 0.3) is 0 Å². The lowest BCUT2D eigenvalue weighted by atomic mass is 10.7. The van der Waals surface area contributed by atoms with Crippen LogP contribution >= 0.6 is 11.8 Å². The smallest absolute Gasteiger partial charge is 0.202 e. The van der Waals surface area contributed by atoms with Gasteiger partial charge in [-0.3, -0.25) is 4.79 Å². The molecule has 0 saturated heterocycles. The number of rotatable bonds is 3. The van der Waals surface area contributed by atoms with Crippen LogP contribution in [0.25, 0.3) is 0 Å². The van der Waals surface area contributed by atoms with Crippen molar-refractivity contribution >= 4 is 16.9 Å². The van der Waals surface area contributed by atoms with Gasteiger partial charge in [0.2, 0.25) is 5.12 Å². The normalized spacial score (nSPS) is 10.2. The van der Waals surface area contributed by atoms with Crippen LogP contribution in [0, 0.1) is 0 Å². The first-order chi connectivity index (χ1) is 4.16. The van der Waals surface area contributed by atoms with Gasteiger partial charge in [-0.2, -0.15) is 0 Å². The van der Waals surface area contributed by atoms with Crippen molar-refractivity contribution in [2.75, 3.05) is 26.4 Å². The van der Waals surface area contributed by atoms with E-state index in [1.165, 1.54) is 11.8 Å². The maximum absolute atomic E-state index is 10.8. The molecule has 0 aliphatic heterocycles. The minimum absolute atomic E-state index is 0.252. The number of carbonyl (C=O) groups excluding carboxylic acids is 1. The van der Waals surface area contributed by atoms with Gasteiger partial charge in [-0.1, -0.05) is 18.7 Å². The average Bonchev–Trinajstić information content (AvgIpc) is 1.63. The molecule has 0 aromatic heterocycles. The molecule has 0 aliphatic rings. The quantitative estimate of drug-likeness (QED) is 0.589. The highest BCUT2D eigenvalue weighted by Gasteiger charge is 2.00. The van der Waals surface area contributed by atoms with Crippen LogP contribution in [-0.4, -0.2) is 36.4 Å². The summed E-state index contributed by atoms with van der Waals surface area (Å²) in [6.45, 7) is 2.54. The summed E-state index contributed by atoms with van der Waals surface area (Å²) in [5, 5.41) is 0.252. The van der Waals surface area contributed by atoms with Crippen molar-refractivity contribution in [3.8, 4) is 0 Å². The number of hydrogen-bond acceptors (Lipinski definition) is 3. The molecule has 0 saturated carbocycles. The zero-order chi connectivity index (χ0) is 7.28. The molecule has 0 aromatic rings. The van der Waals surface area contributed by atoms with Crippen molar-refractivity contribution in [1.82, 2.24) is 4.90 Å². The van der Waals surface area contributed by atoms with Gasteiger partial charge in [-0.25, -0.2) is 0 Å². The first kappa shape index (κ1) is 8.98. The van der Waals surface area contributed by atoms with E-state index in [4.69, 9.17) is 0 Å². The van der Waals surface area contributed by atoms with Crippen LogP contribution < -0.4 is 0 Å². The predicted octanol–water partition coefficient (Wildman–Crippen LogP) is 0.828. The van der Waals surface area contributed by atoms with E-state index >= 15 is 0 Å². The summed E-state index contributed by atoms with van der Waals surface area (Å²) in [5.41, 5.74) is 0. The second kappa shape index (κ2) is 4.82. The lowest BCUT2D eigenvalue weighted by Crippen LogP contribution is -2.19. The number of likely N-dealkylation sites (N-methyl/N-ethyl adjacent to an activating group) is 1. The molecule has 3 heteroatoms. The Morgan fingerprint density at radius 2 is 2.11 bits per heavy atom.